The Labute approximate surface area is 157 Å². The molecule has 1 aliphatic rings. The van der Waals surface area contributed by atoms with Gasteiger partial charge in [0.25, 0.3) is 0 Å². The first-order valence-corrected chi connectivity index (χ1v) is 10.2. The number of benzene rings is 1. The van der Waals surface area contributed by atoms with E-state index in [1.807, 2.05) is 0 Å². The van der Waals surface area contributed by atoms with Crippen molar-refractivity contribution in [2.24, 2.45) is 0 Å². The predicted octanol–water partition coefficient (Wildman–Crippen LogP) is 3.96. The molecular formula is C18H23F3N2O3S. The molecule has 9 heteroatoms. The molecule has 0 amide bonds. The maximum Gasteiger partial charge on any atom is 0.416 e. The van der Waals surface area contributed by atoms with Gasteiger partial charge < -0.3 is 4.74 Å². The van der Waals surface area contributed by atoms with Crippen LogP contribution in [0.2, 0.25) is 0 Å². The Morgan fingerprint density at radius 2 is 1.78 bits per heavy atom. The van der Waals surface area contributed by atoms with Crippen LogP contribution < -0.4 is 0 Å². The number of hydrogen-bond donors (Lipinski definition) is 0. The van der Waals surface area contributed by atoms with Gasteiger partial charge in [0.15, 0.2) is 0 Å². The molecule has 1 fully saturated rings. The van der Waals surface area contributed by atoms with Crippen LogP contribution in [0.15, 0.2) is 29.2 Å². The topological polar surface area (TPSA) is 70.4 Å². The van der Waals surface area contributed by atoms with Gasteiger partial charge in [-0.1, -0.05) is 0 Å². The molecule has 2 rings (SSSR count). The molecule has 5 nitrogen and oxygen atoms in total. The fourth-order valence-electron chi connectivity index (χ4n) is 3.16. The van der Waals surface area contributed by atoms with Gasteiger partial charge in [-0.25, -0.2) is 8.42 Å². The van der Waals surface area contributed by atoms with Crippen LogP contribution in [0.4, 0.5) is 13.2 Å². The van der Waals surface area contributed by atoms with Gasteiger partial charge in [-0.05, 0) is 56.4 Å². The largest absolute Gasteiger partial charge is 0.416 e. The van der Waals surface area contributed by atoms with Gasteiger partial charge in [0.1, 0.15) is 0 Å². The highest BCUT2D eigenvalue weighted by Crippen LogP contribution is 2.31. The smallest absolute Gasteiger partial charge is 0.378 e. The van der Waals surface area contributed by atoms with Gasteiger partial charge in [-0.15, -0.1) is 0 Å². The summed E-state index contributed by atoms with van der Waals surface area (Å²) in [4.78, 5) is -0.145. The predicted molar refractivity (Wildman–Crippen MR) is 93.2 cm³/mol. The third-order valence-corrected chi connectivity index (χ3v) is 6.73. The first kappa shape index (κ1) is 21.7. The van der Waals surface area contributed by atoms with E-state index in [1.165, 1.54) is 11.4 Å². The zero-order valence-corrected chi connectivity index (χ0v) is 15.9. The maximum absolute atomic E-state index is 12.7. The van der Waals surface area contributed by atoms with Gasteiger partial charge >= 0.3 is 6.18 Å². The van der Waals surface area contributed by atoms with E-state index in [9.17, 15) is 21.6 Å². The van der Waals surface area contributed by atoms with Crippen LogP contribution in [0, 0.1) is 11.3 Å². The molecule has 0 aliphatic heterocycles. The number of unbranched alkanes of at least 4 members (excludes halogenated alkanes) is 1. The number of rotatable bonds is 7. The first-order valence-electron chi connectivity index (χ1n) is 8.80. The Kier molecular flexibility index (Phi) is 7.25. The number of alkyl halides is 3. The zero-order valence-electron chi connectivity index (χ0n) is 15.1. The third-order valence-electron chi connectivity index (χ3n) is 4.80. The summed E-state index contributed by atoms with van der Waals surface area (Å²) in [6, 6.07) is 5.41. The minimum atomic E-state index is -4.50. The van der Waals surface area contributed by atoms with Crippen molar-refractivity contribution in [3.63, 3.8) is 0 Å². The van der Waals surface area contributed by atoms with Crippen LogP contribution in [0.1, 0.15) is 44.1 Å². The molecule has 0 N–H and O–H groups in total. The molecule has 27 heavy (non-hydrogen) atoms. The van der Waals surface area contributed by atoms with E-state index in [-0.39, 0.29) is 17.0 Å². The molecule has 0 unspecified atom stereocenters. The second-order valence-corrected chi connectivity index (χ2v) is 8.60. The summed E-state index contributed by atoms with van der Waals surface area (Å²) in [5.74, 6) is 0. The Bertz CT molecular complexity index is 750. The highest BCUT2D eigenvalue weighted by Gasteiger charge is 2.33. The summed E-state index contributed by atoms with van der Waals surface area (Å²) >= 11 is 0. The number of nitriles is 1. The third kappa shape index (κ3) is 5.67. The average molecular weight is 404 g/mol. The van der Waals surface area contributed by atoms with Crippen molar-refractivity contribution in [3.05, 3.63) is 29.8 Å². The standard InChI is InChI=1S/C18H23F3N2O3S/c1-23(15-6-8-16(9-7-15)26-13-3-2-12-22)27(24,25)17-10-4-14(5-11-17)18(19,20)21/h4-5,10-11,15-16H,2-3,6-9,13H2,1H3. The summed E-state index contributed by atoms with van der Waals surface area (Å²) in [6.07, 6.45) is -0.642. The van der Waals surface area contributed by atoms with E-state index < -0.39 is 21.8 Å². The molecular weight excluding hydrogens is 381 g/mol. The second-order valence-electron chi connectivity index (χ2n) is 6.61. The van der Waals surface area contributed by atoms with Gasteiger partial charge in [0.05, 0.1) is 22.6 Å². The Morgan fingerprint density at radius 3 is 2.30 bits per heavy atom. The van der Waals surface area contributed by atoms with Gasteiger partial charge in [-0.2, -0.15) is 22.7 Å². The number of ether oxygens (including phenoxy) is 1. The number of halogens is 3. The lowest BCUT2D eigenvalue weighted by atomic mass is 9.93. The molecule has 1 saturated carbocycles. The van der Waals surface area contributed by atoms with Crippen molar-refractivity contribution in [3.8, 4) is 6.07 Å². The molecule has 150 valence electrons. The lowest BCUT2D eigenvalue weighted by Gasteiger charge is -2.34. The van der Waals surface area contributed by atoms with Crippen LogP contribution in [-0.2, 0) is 20.9 Å². The van der Waals surface area contributed by atoms with E-state index in [0.717, 1.165) is 24.3 Å². The molecule has 0 atom stereocenters. The fraction of sp³-hybridized carbons (Fsp3) is 0.611. The summed E-state index contributed by atoms with van der Waals surface area (Å²) in [5.41, 5.74) is -0.877. The van der Waals surface area contributed by atoms with Gasteiger partial charge in [0.2, 0.25) is 10.0 Å². The zero-order chi connectivity index (χ0) is 20.1. The van der Waals surface area contributed by atoms with Crippen LogP contribution in [0.25, 0.3) is 0 Å². The van der Waals surface area contributed by atoms with Gasteiger partial charge in [0, 0.05) is 26.1 Å². The van der Waals surface area contributed by atoms with Crippen LogP contribution in [-0.4, -0.2) is 38.5 Å². The van der Waals surface area contributed by atoms with E-state index in [0.29, 0.717) is 45.1 Å². The summed E-state index contributed by atoms with van der Waals surface area (Å²) in [6.45, 7) is 0.516. The lowest BCUT2D eigenvalue weighted by Crippen LogP contribution is -2.40. The second kappa shape index (κ2) is 9.04. The number of nitrogens with zero attached hydrogens (tertiary/aromatic N) is 2. The first-order chi connectivity index (χ1) is 12.7. The number of sulfonamides is 1. The quantitative estimate of drug-likeness (QED) is 0.645. The van der Waals surface area contributed by atoms with E-state index in [1.54, 1.807) is 0 Å². The molecule has 0 bridgehead atoms. The monoisotopic (exact) mass is 404 g/mol. The lowest BCUT2D eigenvalue weighted by molar-refractivity contribution is -0.137. The van der Waals surface area contributed by atoms with Crippen molar-refractivity contribution < 1.29 is 26.3 Å². The Balaban J connectivity index is 1.95. The average Bonchev–Trinajstić information content (AvgIpc) is 2.64. The van der Waals surface area contributed by atoms with Crippen LogP contribution >= 0.6 is 0 Å². The fourth-order valence-corrected chi connectivity index (χ4v) is 4.57. The molecule has 1 aromatic carbocycles. The van der Waals surface area contributed by atoms with E-state index >= 15 is 0 Å². The highest BCUT2D eigenvalue weighted by molar-refractivity contribution is 7.89. The minimum absolute atomic E-state index is 0.0575. The van der Waals surface area contributed by atoms with Crippen molar-refractivity contribution in [1.82, 2.24) is 4.31 Å². The number of hydrogen-bond acceptors (Lipinski definition) is 4. The van der Waals surface area contributed by atoms with Crippen molar-refractivity contribution >= 4 is 10.0 Å². The summed E-state index contributed by atoms with van der Waals surface area (Å²) in [7, 11) is -2.39. The molecule has 0 heterocycles. The van der Waals surface area contributed by atoms with Crippen molar-refractivity contribution in [2.45, 2.75) is 61.7 Å². The van der Waals surface area contributed by atoms with E-state index in [2.05, 4.69) is 6.07 Å². The summed E-state index contributed by atoms with van der Waals surface area (Å²) < 4.78 is 70.3. The Morgan fingerprint density at radius 1 is 1.19 bits per heavy atom. The maximum atomic E-state index is 12.7. The minimum Gasteiger partial charge on any atom is -0.378 e. The molecule has 0 saturated heterocycles. The van der Waals surface area contributed by atoms with Crippen LogP contribution in [0.5, 0.6) is 0 Å². The van der Waals surface area contributed by atoms with Gasteiger partial charge in [-0.3, -0.25) is 0 Å². The SMILES string of the molecule is CN(C1CCC(OCCCC#N)CC1)S(=O)(=O)c1ccc(C(F)(F)F)cc1. The van der Waals surface area contributed by atoms with Crippen molar-refractivity contribution in [2.75, 3.05) is 13.7 Å². The molecule has 1 aliphatic carbocycles. The molecule has 1 aromatic rings. The normalized spacial score (nSPS) is 21.2. The van der Waals surface area contributed by atoms with E-state index in [4.69, 9.17) is 10.00 Å². The molecule has 0 aromatic heterocycles. The van der Waals surface area contributed by atoms with Crippen LogP contribution in [0.3, 0.4) is 0 Å². The highest BCUT2D eigenvalue weighted by atomic mass is 32.2. The Hall–Kier alpha value is -1.63. The molecule has 0 spiro atoms. The molecule has 0 radical (unpaired) electrons. The summed E-state index contributed by atoms with van der Waals surface area (Å²) in [5, 5.41) is 8.50. The van der Waals surface area contributed by atoms with Crippen molar-refractivity contribution in [1.29, 1.82) is 5.26 Å².